The molecule has 1 aliphatic rings. The van der Waals surface area contributed by atoms with Gasteiger partial charge in [-0.3, -0.25) is 0 Å². The van der Waals surface area contributed by atoms with E-state index in [1.807, 2.05) is 36.2 Å². The lowest BCUT2D eigenvalue weighted by Gasteiger charge is -2.32. The molecule has 0 bridgehead atoms. The van der Waals surface area contributed by atoms with Gasteiger partial charge in [0.2, 0.25) is 0 Å². The summed E-state index contributed by atoms with van der Waals surface area (Å²) in [6, 6.07) is 7.74. The van der Waals surface area contributed by atoms with Crippen molar-refractivity contribution in [3.63, 3.8) is 0 Å². The number of ether oxygens (including phenoxy) is 1. The molecule has 5 nitrogen and oxygen atoms in total. The average Bonchev–Trinajstić information content (AvgIpc) is 2.47. The van der Waals surface area contributed by atoms with E-state index >= 15 is 0 Å². The fourth-order valence-corrected chi connectivity index (χ4v) is 2.30. The summed E-state index contributed by atoms with van der Waals surface area (Å²) in [5.74, 6) is 0.740. The lowest BCUT2D eigenvalue weighted by Crippen LogP contribution is -2.48. The van der Waals surface area contributed by atoms with E-state index in [2.05, 4.69) is 10.6 Å². The third-order valence-corrected chi connectivity index (χ3v) is 3.44. The molecule has 2 amide bonds. The van der Waals surface area contributed by atoms with Crippen molar-refractivity contribution in [2.75, 3.05) is 32.6 Å². The summed E-state index contributed by atoms with van der Waals surface area (Å²) in [7, 11) is 3.55. The second-order valence-electron chi connectivity index (χ2n) is 4.74. The third kappa shape index (κ3) is 4.28. The second-order valence-corrected chi connectivity index (χ2v) is 4.74. The van der Waals surface area contributed by atoms with Crippen LogP contribution in [-0.4, -0.2) is 44.2 Å². The lowest BCUT2D eigenvalue weighted by molar-refractivity contribution is 0.187. The molecule has 0 radical (unpaired) electrons. The van der Waals surface area contributed by atoms with E-state index in [1.165, 1.54) is 0 Å². The predicted molar refractivity (Wildman–Crippen MR) is 82.9 cm³/mol. The Morgan fingerprint density at radius 3 is 2.95 bits per heavy atom. The van der Waals surface area contributed by atoms with Crippen molar-refractivity contribution in [2.45, 2.75) is 18.9 Å². The number of urea groups is 1. The summed E-state index contributed by atoms with van der Waals surface area (Å²) in [6.07, 6.45) is 2.16. The Balaban J connectivity index is 0.00000200. The largest absolute Gasteiger partial charge is 0.497 e. The van der Waals surface area contributed by atoms with Gasteiger partial charge in [0.1, 0.15) is 5.75 Å². The Kier molecular flexibility index (Phi) is 6.61. The van der Waals surface area contributed by atoms with E-state index in [4.69, 9.17) is 4.74 Å². The molecule has 1 fully saturated rings. The van der Waals surface area contributed by atoms with Crippen molar-refractivity contribution in [3.05, 3.63) is 24.3 Å². The Labute approximate surface area is 126 Å². The first-order chi connectivity index (χ1) is 9.22. The molecule has 112 valence electrons. The Bertz CT molecular complexity index is 442. The second kappa shape index (κ2) is 7.97. The number of likely N-dealkylation sites (tertiary alicyclic amines) is 1. The molecule has 1 aromatic rings. The van der Waals surface area contributed by atoms with Crippen LogP contribution in [0.15, 0.2) is 24.3 Å². The van der Waals surface area contributed by atoms with Crippen molar-refractivity contribution in [2.24, 2.45) is 0 Å². The maximum atomic E-state index is 12.2. The Hall–Kier alpha value is -1.46. The number of nitrogens with zero attached hydrogens (tertiary/aromatic N) is 1. The van der Waals surface area contributed by atoms with Crippen LogP contribution >= 0.6 is 12.4 Å². The SMILES string of the molecule is CNC1CCCN(C(=O)Nc2cccc(OC)c2)C1.Cl. The maximum Gasteiger partial charge on any atom is 0.321 e. The molecule has 0 saturated carbocycles. The van der Waals surface area contributed by atoms with Crippen LogP contribution in [0.25, 0.3) is 0 Å². The summed E-state index contributed by atoms with van der Waals surface area (Å²) in [4.78, 5) is 14.0. The van der Waals surface area contributed by atoms with Gasteiger partial charge in [0.15, 0.2) is 0 Å². The molecule has 0 aliphatic carbocycles. The van der Waals surface area contributed by atoms with Crippen LogP contribution in [0.4, 0.5) is 10.5 Å². The molecule has 2 rings (SSSR count). The molecule has 20 heavy (non-hydrogen) atoms. The minimum absolute atomic E-state index is 0. The number of piperidine rings is 1. The molecule has 2 N–H and O–H groups in total. The molecule has 6 heteroatoms. The average molecular weight is 300 g/mol. The molecule has 1 aliphatic heterocycles. The Morgan fingerprint density at radius 2 is 2.25 bits per heavy atom. The van der Waals surface area contributed by atoms with Crippen LogP contribution in [0, 0.1) is 0 Å². The number of amides is 2. The maximum absolute atomic E-state index is 12.2. The number of likely N-dealkylation sites (N-methyl/N-ethyl adjacent to an activating group) is 1. The zero-order valence-corrected chi connectivity index (χ0v) is 12.7. The number of carbonyl (C=O) groups is 1. The first-order valence-electron chi connectivity index (χ1n) is 6.60. The molecule has 1 unspecified atom stereocenters. The summed E-state index contributed by atoms with van der Waals surface area (Å²) in [5.41, 5.74) is 0.760. The van der Waals surface area contributed by atoms with Gasteiger partial charge in [0, 0.05) is 30.9 Å². The number of methoxy groups -OCH3 is 1. The van der Waals surface area contributed by atoms with Gasteiger partial charge < -0.3 is 20.3 Å². The smallest absolute Gasteiger partial charge is 0.321 e. The van der Waals surface area contributed by atoms with E-state index in [0.29, 0.717) is 6.04 Å². The van der Waals surface area contributed by atoms with Gasteiger partial charge in [-0.2, -0.15) is 0 Å². The first-order valence-corrected chi connectivity index (χ1v) is 6.60. The van der Waals surface area contributed by atoms with Crippen LogP contribution in [0.3, 0.4) is 0 Å². The van der Waals surface area contributed by atoms with Crippen molar-refractivity contribution >= 4 is 24.1 Å². The third-order valence-electron chi connectivity index (χ3n) is 3.44. The van der Waals surface area contributed by atoms with Gasteiger partial charge in [0.25, 0.3) is 0 Å². The minimum atomic E-state index is -0.0480. The minimum Gasteiger partial charge on any atom is -0.497 e. The highest BCUT2D eigenvalue weighted by Gasteiger charge is 2.22. The van der Waals surface area contributed by atoms with E-state index in [-0.39, 0.29) is 18.4 Å². The molecule has 0 spiro atoms. The van der Waals surface area contributed by atoms with Crippen molar-refractivity contribution in [1.29, 1.82) is 0 Å². The summed E-state index contributed by atoms with van der Waals surface area (Å²) >= 11 is 0. The number of rotatable bonds is 3. The van der Waals surface area contributed by atoms with Crippen molar-refractivity contribution in [3.8, 4) is 5.75 Å². The predicted octanol–water partition coefficient (Wildman–Crippen LogP) is 2.33. The van der Waals surface area contributed by atoms with Crippen LogP contribution in [0.1, 0.15) is 12.8 Å². The van der Waals surface area contributed by atoms with Crippen LogP contribution in [-0.2, 0) is 0 Å². The van der Waals surface area contributed by atoms with Gasteiger partial charge in [-0.05, 0) is 32.0 Å². The highest BCUT2D eigenvalue weighted by molar-refractivity contribution is 5.89. The normalized spacial score (nSPS) is 18.1. The highest BCUT2D eigenvalue weighted by atomic mass is 35.5. The van der Waals surface area contributed by atoms with E-state index in [0.717, 1.165) is 37.4 Å². The summed E-state index contributed by atoms with van der Waals surface area (Å²) in [5, 5.41) is 6.14. The van der Waals surface area contributed by atoms with Crippen LogP contribution in [0.2, 0.25) is 0 Å². The first kappa shape index (κ1) is 16.6. The summed E-state index contributed by atoms with van der Waals surface area (Å²) in [6.45, 7) is 1.57. The Morgan fingerprint density at radius 1 is 1.45 bits per heavy atom. The number of benzene rings is 1. The zero-order valence-electron chi connectivity index (χ0n) is 11.9. The molecule has 0 aromatic heterocycles. The van der Waals surface area contributed by atoms with Gasteiger partial charge in [-0.15, -0.1) is 12.4 Å². The fourth-order valence-electron chi connectivity index (χ4n) is 2.30. The van der Waals surface area contributed by atoms with E-state index in [9.17, 15) is 4.79 Å². The van der Waals surface area contributed by atoms with Crippen LogP contribution < -0.4 is 15.4 Å². The fraction of sp³-hybridized carbons (Fsp3) is 0.500. The number of hydrogen-bond donors (Lipinski definition) is 2. The van der Waals surface area contributed by atoms with Crippen molar-refractivity contribution in [1.82, 2.24) is 10.2 Å². The van der Waals surface area contributed by atoms with Gasteiger partial charge in [-0.25, -0.2) is 4.79 Å². The highest BCUT2D eigenvalue weighted by Crippen LogP contribution is 2.18. The molecular formula is C14H22ClN3O2. The molecule has 1 aromatic carbocycles. The van der Waals surface area contributed by atoms with Crippen molar-refractivity contribution < 1.29 is 9.53 Å². The quantitative estimate of drug-likeness (QED) is 0.901. The number of halogens is 1. The standard InChI is InChI=1S/C14H21N3O2.ClH/c1-15-12-6-4-8-17(10-12)14(18)16-11-5-3-7-13(9-11)19-2;/h3,5,7,9,12,15H,4,6,8,10H2,1-2H3,(H,16,18);1H. The molecule has 1 heterocycles. The van der Waals surface area contributed by atoms with Gasteiger partial charge in [0.05, 0.1) is 7.11 Å². The number of anilines is 1. The number of nitrogens with one attached hydrogen (secondary N) is 2. The number of carbonyl (C=O) groups excluding carboxylic acids is 1. The number of hydrogen-bond acceptors (Lipinski definition) is 3. The lowest BCUT2D eigenvalue weighted by atomic mass is 10.1. The van der Waals surface area contributed by atoms with Gasteiger partial charge in [-0.1, -0.05) is 6.07 Å². The van der Waals surface area contributed by atoms with E-state index < -0.39 is 0 Å². The summed E-state index contributed by atoms with van der Waals surface area (Å²) < 4.78 is 5.14. The van der Waals surface area contributed by atoms with E-state index in [1.54, 1.807) is 7.11 Å². The molecule has 1 atom stereocenters. The molecule has 1 saturated heterocycles. The molecular weight excluding hydrogens is 278 g/mol. The zero-order chi connectivity index (χ0) is 13.7. The topological polar surface area (TPSA) is 53.6 Å². The monoisotopic (exact) mass is 299 g/mol. The van der Waals surface area contributed by atoms with Gasteiger partial charge >= 0.3 is 6.03 Å². The van der Waals surface area contributed by atoms with Crippen LogP contribution in [0.5, 0.6) is 5.75 Å².